The zero-order valence-corrected chi connectivity index (χ0v) is 11.0. The molecule has 20 heavy (non-hydrogen) atoms. The first-order chi connectivity index (χ1) is 9.56. The number of carbonyl (C=O) groups excluding carboxylic acids is 1. The summed E-state index contributed by atoms with van der Waals surface area (Å²) < 4.78 is 15.0. The molecule has 8 nitrogen and oxygen atoms in total. The molecule has 1 amide bonds. The highest BCUT2D eigenvalue weighted by Crippen LogP contribution is 2.34. The maximum absolute atomic E-state index is 12.1. The number of nitrogens with one attached hydrogen (secondary N) is 1. The molecule has 1 fully saturated rings. The number of methoxy groups -OCH3 is 2. The van der Waals surface area contributed by atoms with Crippen LogP contribution in [0.3, 0.4) is 0 Å². The monoisotopic (exact) mass is 282 g/mol. The summed E-state index contributed by atoms with van der Waals surface area (Å²) >= 11 is 0. The quantitative estimate of drug-likeness (QED) is 0.631. The van der Waals surface area contributed by atoms with Crippen LogP contribution in [0.5, 0.6) is 11.5 Å². The van der Waals surface area contributed by atoms with Crippen molar-refractivity contribution in [3.63, 3.8) is 0 Å². The fourth-order valence-electron chi connectivity index (χ4n) is 1.78. The van der Waals surface area contributed by atoms with Crippen LogP contribution >= 0.6 is 0 Å². The SMILES string of the molecule is COc1cc(C(=O)NC2COC2)c([N+](=O)[O-])cc1OC. The van der Waals surface area contributed by atoms with Crippen molar-refractivity contribution in [1.82, 2.24) is 5.32 Å². The zero-order valence-electron chi connectivity index (χ0n) is 11.0. The molecule has 108 valence electrons. The normalized spacial score (nSPS) is 14.3. The Bertz CT molecular complexity index is 541. The van der Waals surface area contributed by atoms with Crippen LogP contribution in [0.15, 0.2) is 12.1 Å². The molecule has 0 unspecified atom stereocenters. The van der Waals surface area contributed by atoms with E-state index in [0.29, 0.717) is 13.2 Å². The summed E-state index contributed by atoms with van der Waals surface area (Å²) in [5.74, 6) is -0.0817. The Morgan fingerprint density at radius 3 is 2.40 bits per heavy atom. The van der Waals surface area contributed by atoms with Gasteiger partial charge in [0.2, 0.25) is 0 Å². The molecule has 1 N–H and O–H groups in total. The molecular weight excluding hydrogens is 268 g/mol. The van der Waals surface area contributed by atoms with Crippen LogP contribution < -0.4 is 14.8 Å². The first-order valence-corrected chi connectivity index (χ1v) is 5.85. The van der Waals surface area contributed by atoms with Gasteiger partial charge >= 0.3 is 0 Å². The summed E-state index contributed by atoms with van der Waals surface area (Å²) in [6, 6.07) is 2.35. The smallest absolute Gasteiger partial charge is 0.286 e. The van der Waals surface area contributed by atoms with Crippen LogP contribution in [0.2, 0.25) is 0 Å². The Balaban J connectivity index is 2.37. The number of hydrogen-bond donors (Lipinski definition) is 1. The first kappa shape index (κ1) is 14.1. The minimum atomic E-state index is -0.631. The largest absolute Gasteiger partial charge is 0.493 e. The van der Waals surface area contributed by atoms with E-state index < -0.39 is 10.8 Å². The third-order valence-electron chi connectivity index (χ3n) is 2.92. The van der Waals surface area contributed by atoms with Crippen LogP contribution in [-0.2, 0) is 4.74 Å². The molecule has 0 radical (unpaired) electrons. The van der Waals surface area contributed by atoms with Crippen molar-refractivity contribution >= 4 is 11.6 Å². The van der Waals surface area contributed by atoms with Crippen LogP contribution in [0.4, 0.5) is 5.69 Å². The molecule has 1 saturated heterocycles. The van der Waals surface area contributed by atoms with E-state index in [4.69, 9.17) is 14.2 Å². The number of nitro groups is 1. The number of nitro benzene ring substituents is 1. The van der Waals surface area contributed by atoms with Gasteiger partial charge in [-0.15, -0.1) is 0 Å². The standard InChI is InChI=1S/C12H14N2O6/c1-18-10-3-8(12(15)13-7-5-20-6-7)9(14(16)17)4-11(10)19-2/h3-4,7H,5-6H2,1-2H3,(H,13,15). The lowest BCUT2D eigenvalue weighted by Crippen LogP contribution is -2.48. The van der Waals surface area contributed by atoms with E-state index >= 15 is 0 Å². The molecule has 0 saturated carbocycles. The lowest BCUT2D eigenvalue weighted by molar-refractivity contribution is -0.385. The Hall–Kier alpha value is -2.35. The molecule has 0 atom stereocenters. The van der Waals surface area contributed by atoms with Gasteiger partial charge in [-0.2, -0.15) is 0 Å². The van der Waals surface area contributed by atoms with Gasteiger partial charge in [0.1, 0.15) is 5.56 Å². The van der Waals surface area contributed by atoms with E-state index in [9.17, 15) is 14.9 Å². The van der Waals surface area contributed by atoms with Gasteiger partial charge in [-0.25, -0.2) is 0 Å². The number of rotatable bonds is 5. The Kier molecular flexibility index (Phi) is 4.04. The Morgan fingerprint density at radius 1 is 1.35 bits per heavy atom. The van der Waals surface area contributed by atoms with Crippen molar-refractivity contribution < 1.29 is 23.9 Å². The maximum Gasteiger partial charge on any atom is 0.286 e. The molecule has 1 heterocycles. The van der Waals surface area contributed by atoms with Gasteiger partial charge in [0.05, 0.1) is 44.5 Å². The topological polar surface area (TPSA) is 99.9 Å². The number of hydrogen-bond acceptors (Lipinski definition) is 6. The predicted molar refractivity (Wildman–Crippen MR) is 68.3 cm³/mol. The van der Waals surface area contributed by atoms with Crippen molar-refractivity contribution in [2.24, 2.45) is 0 Å². The van der Waals surface area contributed by atoms with Gasteiger partial charge in [-0.1, -0.05) is 0 Å². The van der Waals surface area contributed by atoms with Gasteiger partial charge in [0.15, 0.2) is 11.5 Å². The summed E-state index contributed by atoms with van der Waals surface area (Å²) in [7, 11) is 2.76. The van der Waals surface area contributed by atoms with E-state index in [1.165, 1.54) is 26.4 Å². The fraction of sp³-hybridized carbons (Fsp3) is 0.417. The molecule has 1 aromatic rings. The van der Waals surface area contributed by atoms with Gasteiger partial charge < -0.3 is 19.5 Å². The predicted octanol–water partition coefficient (Wildman–Crippen LogP) is 0.741. The minimum absolute atomic E-state index is 0.0699. The van der Waals surface area contributed by atoms with Gasteiger partial charge in [0, 0.05) is 6.07 Å². The number of ether oxygens (including phenoxy) is 3. The molecule has 0 aromatic heterocycles. The number of benzene rings is 1. The summed E-state index contributed by atoms with van der Waals surface area (Å²) in [5.41, 5.74) is -0.403. The van der Waals surface area contributed by atoms with Crippen molar-refractivity contribution in [3.8, 4) is 11.5 Å². The molecular formula is C12H14N2O6. The molecule has 0 aliphatic carbocycles. The lowest BCUT2D eigenvalue weighted by Gasteiger charge is -2.26. The minimum Gasteiger partial charge on any atom is -0.493 e. The lowest BCUT2D eigenvalue weighted by atomic mass is 10.1. The van der Waals surface area contributed by atoms with Gasteiger partial charge in [-0.3, -0.25) is 14.9 Å². The zero-order chi connectivity index (χ0) is 14.7. The third-order valence-corrected chi connectivity index (χ3v) is 2.92. The second-order valence-corrected chi connectivity index (χ2v) is 4.19. The summed E-state index contributed by atoms with van der Waals surface area (Å²) in [6.45, 7) is 0.819. The van der Waals surface area contributed by atoms with E-state index in [1.807, 2.05) is 0 Å². The van der Waals surface area contributed by atoms with E-state index in [0.717, 1.165) is 0 Å². The number of amides is 1. The van der Waals surface area contributed by atoms with E-state index in [2.05, 4.69) is 5.32 Å². The molecule has 8 heteroatoms. The summed E-state index contributed by atoms with van der Waals surface area (Å²) in [5, 5.41) is 13.7. The fourth-order valence-corrected chi connectivity index (χ4v) is 1.78. The van der Waals surface area contributed by atoms with Crippen molar-refractivity contribution in [3.05, 3.63) is 27.8 Å². The second kappa shape index (κ2) is 5.74. The molecule has 0 spiro atoms. The highest BCUT2D eigenvalue weighted by molar-refractivity contribution is 5.99. The first-order valence-electron chi connectivity index (χ1n) is 5.85. The van der Waals surface area contributed by atoms with Crippen molar-refractivity contribution in [2.75, 3.05) is 27.4 Å². The Labute approximate surface area is 114 Å². The second-order valence-electron chi connectivity index (χ2n) is 4.19. The summed E-state index contributed by atoms with van der Waals surface area (Å²) in [4.78, 5) is 22.5. The number of nitrogens with zero attached hydrogens (tertiary/aromatic N) is 1. The third kappa shape index (κ3) is 2.64. The van der Waals surface area contributed by atoms with Crippen LogP contribution in [0.1, 0.15) is 10.4 Å². The Morgan fingerprint density at radius 2 is 1.95 bits per heavy atom. The average Bonchev–Trinajstić information content (AvgIpc) is 2.40. The average molecular weight is 282 g/mol. The van der Waals surface area contributed by atoms with Crippen LogP contribution in [-0.4, -0.2) is 44.3 Å². The van der Waals surface area contributed by atoms with Gasteiger partial charge in [-0.05, 0) is 0 Å². The molecule has 0 bridgehead atoms. The highest BCUT2D eigenvalue weighted by atomic mass is 16.6. The van der Waals surface area contributed by atoms with Crippen LogP contribution in [0, 0.1) is 10.1 Å². The molecule has 1 aromatic carbocycles. The molecule has 1 aliphatic heterocycles. The van der Waals surface area contributed by atoms with Gasteiger partial charge in [0.25, 0.3) is 11.6 Å². The van der Waals surface area contributed by atoms with Crippen LogP contribution in [0.25, 0.3) is 0 Å². The maximum atomic E-state index is 12.1. The van der Waals surface area contributed by atoms with Crippen molar-refractivity contribution in [2.45, 2.75) is 6.04 Å². The van der Waals surface area contributed by atoms with E-state index in [1.54, 1.807) is 0 Å². The highest BCUT2D eigenvalue weighted by Gasteiger charge is 2.28. The molecule has 2 rings (SSSR count). The van der Waals surface area contributed by atoms with E-state index in [-0.39, 0.29) is 28.8 Å². The summed E-state index contributed by atoms with van der Waals surface area (Å²) in [6.07, 6.45) is 0. The van der Waals surface area contributed by atoms with Crippen molar-refractivity contribution in [1.29, 1.82) is 0 Å². The number of carbonyl (C=O) groups is 1. The molecule has 1 aliphatic rings.